The number of halogens is 4. The van der Waals surface area contributed by atoms with Crippen LogP contribution in [0, 0.1) is 3.57 Å². The topological polar surface area (TPSA) is 86.6 Å². The minimum absolute atomic E-state index is 0.332. The number of carboxylic acid groups (broad SMARTS) is 1. The van der Waals surface area contributed by atoms with E-state index in [0.29, 0.717) is 10.5 Å². The number of phenolic OH excluding ortho intramolecular Hbond substituents is 1. The Bertz CT molecular complexity index is 561. The van der Waals surface area contributed by atoms with E-state index in [1.165, 1.54) is 11.4 Å². The van der Waals surface area contributed by atoms with Gasteiger partial charge in [-0.15, -0.1) is 0 Å². The van der Waals surface area contributed by atoms with Gasteiger partial charge in [0.05, 0.1) is 5.56 Å². The van der Waals surface area contributed by atoms with Crippen molar-refractivity contribution in [3.63, 3.8) is 0 Å². The van der Waals surface area contributed by atoms with E-state index in [1.807, 2.05) is 0 Å². The van der Waals surface area contributed by atoms with Crippen molar-refractivity contribution in [2.24, 2.45) is 0 Å². The molecule has 0 radical (unpaired) electrons. The van der Waals surface area contributed by atoms with Gasteiger partial charge in [0, 0.05) is 3.57 Å². The molecule has 1 aromatic rings. The molecule has 0 aliphatic rings. The van der Waals surface area contributed by atoms with Gasteiger partial charge >= 0.3 is 12.1 Å². The van der Waals surface area contributed by atoms with Crippen molar-refractivity contribution in [3.8, 4) is 5.75 Å². The number of aromatic hydroxyl groups is 1. The summed E-state index contributed by atoms with van der Waals surface area (Å²) in [4.78, 5) is 22.5. The number of carbonyl (C=O) groups is 2. The van der Waals surface area contributed by atoms with E-state index >= 15 is 0 Å². The fourth-order valence-electron chi connectivity index (χ4n) is 1.23. The van der Waals surface area contributed by atoms with Crippen molar-refractivity contribution in [2.75, 3.05) is 0 Å². The number of alkyl halides is 3. The van der Waals surface area contributed by atoms with Crippen LogP contribution in [0.5, 0.6) is 5.75 Å². The number of aliphatic carboxylic acids is 1. The molecule has 0 bridgehead atoms. The third-order valence-corrected chi connectivity index (χ3v) is 3.23. The second-order valence-corrected chi connectivity index (χ2v) is 5.29. The molecular formula is C11H9F3INO4. The molecule has 0 saturated heterocycles. The largest absolute Gasteiger partial charge is 0.507 e. The zero-order valence-corrected chi connectivity index (χ0v) is 12.1. The predicted octanol–water partition coefficient (Wildman–Crippen LogP) is 2.13. The lowest BCUT2D eigenvalue weighted by Gasteiger charge is -2.28. The van der Waals surface area contributed by atoms with Crippen molar-refractivity contribution in [3.05, 3.63) is 27.3 Å². The predicted molar refractivity (Wildman–Crippen MR) is 70.4 cm³/mol. The molecule has 0 heterocycles. The first kappa shape index (κ1) is 16.5. The zero-order valence-electron chi connectivity index (χ0n) is 9.95. The fourth-order valence-corrected chi connectivity index (χ4v) is 1.72. The molecule has 110 valence electrons. The van der Waals surface area contributed by atoms with Gasteiger partial charge in [-0.2, -0.15) is 13.2 Å². The van der Waals surface area contributed by atoms with E-state index in [1.54, 1.807) is 22.6 Å². The minimum Gasteiger partial charge on any atom is -0.507 e. The molecule has 5 nitrogen and oxygen atoms in total. The van der Waals surface area contributed by atoms with E-state index in [0.717, 1.165) is 12.1 Å². The molecule has 0 saturated carbocycles. The average Bonchev–Trinajstić information content (AvgIpc) is 2.30. The molecule has 1 aromatic carbocycles. The third kappa shape index (κ3) is 3.14. The number of nitrogens with one attached hydrogen (secondary N) is 1. The van der Waals surface area contributed by atoms with Crippen LogP contribution in [0.4, 0.5) is 13.2 Å². The minimum atomic E-state index is -5.19. The van der Waals surface area contributed by atoms with E-state index < -0.39 is 34.9 Å². The molecule has 1 unspecified atom stereocenters. The van der Waals surface area contributed by atoms with Gasteiger partial charge in [0.1, 0.15) is 5.75 Å². The molecule has 20 heavy (non-hydrogen) atoms. The summed E-state index contributed by atoms with van der Waals surface area (Å²) in [6, 6.07) is 3.71. The van der Waals surface area contributed by atoms with Crippen molar-refractivity contribution in [2.45, 2.75) is 18.6 Å². The summed E-state index contributed by atoms with van der Waals surface area (Å²) >= 11 is 1.79. The molecule has 1 rings (SSSR count). The third-order valence-electron chi connectivity index (χ3n) is 2.56. The van der Waals surface area contributed by atoms with E-state index in [2.05, 4.69) is 0 Å². The molecule has 0 aliphatic heterocycles. The van der Waals surface area contributed by atoms with E-state index in [4.69, 9.17) is 5.11 Å². The number of rotatable bonds is 3. The number of carbonyl (C=O) groups excluding carboxylic acids is 1. The molecule has 9 heteroatoms. The zero-order chi connectivity index (χ0) is 15.7. The lowest BCUT2D eigenvalue weighted by Crippen LogP contribution is -2.61. The summed E-state index contributed by atoms with van der Waals surface area (Å²) in [7, 11) is 0. The van der Waals surface area contributed by atoms with Crippen LogP contribution in [0.25, 0.3) is 0 Å². The lowest BCUT2D eigenvalue weighted by molar-refractivity contribution is -0.203. The first-order chi connectivity index (χ1) is 8.99. The highest BCUT2D eigenvalue weighted by Gasteiger charge is 2.58. The molecule has 1 atom stereocenters. The van der Waals surface area contributed by atoms with Gasteiger partial charge in [-0.05, 0) is 47.7 Å². The number of carboxylic acids is 1. The van der Waals surface area contributed by atoms with Crippen LogP contribution in [0.1, 0.15) is 17.3 Å². The number of benzene rings is 1. The molecule has 1 amide bonds. The Balaban J connectivity index is 3.16. The summed E-state index contributed by atoms with van der Waals surface area (Å²) in [6.45, 7) is 0.332. The molecule has 0 aromatic heterocycles. The van der Waals surface area contributed by atoms with Crippen LogP contribution in [-0.4, -0.2) is 33.8 Å². The average molecular weight is 403 g/mol. The summed E-state index contributed by atoms with van der Waals surface area (Å²) < 4.78 is 38.7. The molecule has 0 aliphatic carbocycles. The lowest BCUT2D eigenvalue weighted by atomic mass is 10.0. The second kappa shape index (κ2) is 5.46. The summed E-state index contributed by atoms with van der Waals surface area (Å²) in [6.07, 6.45) is -5.19. The maximum Gasteiger partial charge on any atom is 0.422 e. The van der Waals surface area contributed by atoms with E-state index in [9.17, 15) is 27.9 Å². The molecule has 0 spiro atoms. The van der Waals surface area contributed by atoms with Crippen molar-refractivity contribution in [1.29, 1.82) is 0 Å². The van der Waals surface area contributed by atoms with Crippen molar-refractivity contribution >= 4 is 34.5 Å². The highest BCUT2D eigenvalue weighted by atomic mass is 127. The van der Waals surface area contributed by atoms with Gasteiger partial charge in [0.25, 0.3) is 5.91 Å². The molecule has 0 fully saturated rings. The monoisotopic (exact) mass is 403 g/mol. The second-order valence-electron chi connectivity index (χ2n) is 4.04. The molecular weight excluding hydrogens is 394 g/mol. The Kier molecular flexibility index (Phi) is 4.52. The fraction of sp³-hybridized carbons (Fsp3) is 0.273. The van der Waals surface area contributed by atoms with Crippen LogP contribution in [0.3, 0.4) is 0 Å². The first-order valence-electron chi connectivity index (χ1n) is 5.10. The first-order valence-corrected chi connectivity index (χ1v) is 6.18. The van der Waals surface area contributed by atoms with Crippen molar-refractivity contribution in [1.82, 2.24) is 5.32 Å². The summed E-state index contributed by atoms with van der Waals surface area (Å²) in [5.74, 6) is -4.12. The Morgan fingerprint density at radius 1 is 1.30 bits per heavy atom. The van der Waals surface area contributed by atoms with Crippen LogP contribution in [0.2, 0.25) is 0 Å². The summed E-state index contributed by atoms with van der Waals surface area (Å²) in [5.41, 5.74) is -3.88. The maximum absolute atomic E-state index is 12.8. The van der Waals surface area contributed by atoms with E-state index in [-0.39, 0.29) is 0 Å². The van der Waals surface area contributed by atoms with Crippen LogP contribution < -0.4 is 5.32 Å². The normalized spacial score (nSPS) is 14.4. The van der Waals surface area contributed by atoms with Gasteiger partial charge < -0.3 is 15.5 Å². The highest BCUT2D eigenvalue weighted by molar-refractivity contribution is 14.1. The van der Waals surface area contributed by atoms with Gasteiger partial charge in [-0.1, -0.05) is 0 Å². The Labute approximate surface area is 124 Å². The van der Waals surface area contributed by atoms with Gasteiger partial charge in [-0.25, -0.2) is 4.79 Å². The Morgan fingerprint density at radius 3 is 2.30 bits per heavy atom. The van der Waals surface area contributed by atoms with Gasteiger partial charge in [-0.3, -0.25) is 4.79 Å². The summed E-state index contributed by atoms with van der Waals surface area (Å²) in [5, 5.41) is 19.5. The van der Waals surface area contributed by atoms with Crippen LogP contribution in [-0.2, 0) is 4.79 Å². The highest BCUT2D eigenvalue weighted by Crippen LogP contribution is 2.31. The van der Waals surface area contributed by atoms with Crippen LogP contribution in [0.15, 0.2) is 18.2 Å². The Hall–Kier alpha value is -1.52. The smallest absolute Gasteiger partial charge is 0.422 e. The van der Waals surface area contributed by atoms with Crippen molar-refractivity contribution < 1.29 is 33.0 Å². The maximum atomic E-state index is 12.8. The van der Waals surface area contributed by atoms with Gasteiger partial charge in [0.15, 0.2) is 0 Å². The number of hydrogen-bond acceptors (Lipinski definition) is 3. The number of phenols is 1. The van der Waals surface area contributed by atoms with Gasteiger partial charge in [0.2, 0.25) is 5.54 Å². The molecule has 3 N–H and O–H groups in total. The SMILES string of the molecule is CC(NC(=O)c1cc(I)ccc1O)(C(=O)O)C(F)(F)F. The standard InChI is InChI=1S/C11H9F3INO4/c1-10(9(19)20,11(12,13)14)16-8(18)6-4-5(15)2-3-7(6)17/h2-4,17H,1H3,(H,16,18)(H,19,20). The number of amides is 1. The number of hydrogen-bond donors (Lipinski definition) is 3. The van der Waals surface area contributed by atoms with Crippen LogP contribution >= 0.6 is 22.6 Å². The Morgan fingerprint density at radius 2 is 1.85 bits per heavy atom. The quantitative estimate of drug-likeness (QED) is 0.676.